The molecule has 0 bridgehead atoms. The Labute approximate surface area is 162 Å². The van der Waals surface area contributed by atoms with Crippen LogP contribution in [0, 0.1) is 6.92 Å². The highest BCUT2D eigenvalue weighted by atomic mass is 14.9. The molecule has 0 N–H and O–H groups in total. The van der Waals surface area contributed by atoms with E-state index in [-0.39, 0.29) is 10.8 Å². The predicted octanol–water partition coefficient (Wildman–Crippen LogP) is 5.63. The van der Waals surface area contributed by atoms with Crippen molar-refractivity contribution in [1.29, 1.82) is 0 Å². The van der Waals surface area contributed by atoms with Gasteiger partial charge in [-0.05, 0) is 58.2 Å². The average Bonchev–Trinajstić information content (AvgIpc) is 2.99. The van der Waals surface area contributed by atoms with Gasteiger partial charge in [0, 0.05) is 17.0 Å². The van der Waals surface area contributed by atoms with Crippen molar-refractivity contribution in [3.05, 3.63) is 76.5 Å². The summed E-state index contributed by atoms with van der Waals surface area (Å²) < 4.78 is 2.32. The van der Waals surface area contributed by atoms with Crippen LogP contribution < -0.4 is 4.57 Å². The second-order valence-corrected chi connectivity index (χ2v) is 9.42. The maximum absolute atomic E-state index is 2.52. The van der Waals surface area contributed by atoms with Crippen LogP contribution >= 0.6 is 0 Å². The molecule has 2 aliphatic carbocycles. The van der Waals surface area contributed by atoms with Gasteiger partial charge in [0.05, 0.1) is 5.56 Å². The number of benzene rings is 2. The Kier molecular flexibility index (Phi) is 3.16. The molecule has 0 unspecified atom stereocenters. The zero-order valence-electron chi connectivity index (χ0n) is 17.3. The summed E-state index contributed by atoms with van der Waals surface area (Å²) in [5.41, 5.74) is 13.2. The predicted molar refractivity (Wildman–Crippen MR) is 112 cm³/mol. The van der Waals surface area contributed by atoms with E-state index in [0.717, 1.165) is 6.42 Å². The highest BCUT2D eigenvalue weighted by molar-refractivity contribution is 5.88. The Balaban J connectivity index is 1.94. The molecule has 136 valence electrons. The van der Waals surface area contributed by atoms with Crippen molar-refractivity contribution in [2.45, 2.75) is 51.9 Å². The smallest absolute Gasteiger partial charge is 0.201 e. The summed E-state index contributed by atoms with van der Waals surface area (Å²) in [7, 11) is 2.19. The van der Waals surface area contributed by atoms with Crippen LogP contribution in [0.2, 0.25) is 0 Å². The van der Waals surface area contributed by atoms with Crippen molar-refractivity contribution in [2.75, 3.05) is 0 Å². The lowest BCUT2D eigenvalue weighted by Gasteiger charge is -2.47. The van der Waals surface area contributed by atoms with Gasteiger partial charge in [-0.3, -0.25) is 0 Å². The molecule has 1 aromatic heterocycles. The van der Waals surface area contributed by atoms with Gasteiger partial charge in [0.25, 0.3) is 0 Å². The normalized spacial score (nSPS) is 17.7. The van der Waals surface area contributed by atoms with Crippen LogP contribution in [0.1, 0.15) is 55.5 Å². The Hall–Kier alpha value is -2.41. The topological polar surface area (TPSA) is 3.88 Å². The molecule has 0 spiro atoms. The van der Waals surface area contributed by atoms with Crippen LogP contribution in [0.25, 0.3) is 22.4 Å². The quantitative estimate of drug-likeness (QED) is 0.361. The van der Waals surface area contributed by atoms with Crippen LogP contribution in [0.5, 0.6) is 0 Å². The SMILES string of the molecule is Cc1c2c(cc3c1-c1c(ccc[n+]1C)C(C)(C)C3(C)C)Cc1ccccc1-2. The van der Waals surface area contributed by atoms with Gasteiger partial charge >= 0.3 is 0 Å². The molecule has 0 saturated carbocycles. The van der Waals surface area contributed by atoms with Crippen molar-refractivity contribution in [1.82, 2.24) is 0 Å². The number of rotatable bonds is 0. The summed E-state index contributed by atoms with van der Waals surface area (Å²) in [6.45, 7) is 12.0. The first-order valence-corrected chi connectivity index (χ1v) is 10.00. The van der Waals surface area contributed by atoms with Crippen LogP contribution in [-0.2, 0) is 24.3 Å². The van der Waals surface area contributed by atoms with Crippen molar-refractivity contribution >= 4 is 0 Å². The molecular weight excluding hydrogens is 326 g/mol. The summed E-state index contributed by atoms with van der Waals surface area (Å²) in [6, 6.07) is 16.0. The van der Waals surface area contributed by atoms with E-state index in [1.165, 1.54) is 50.2 Å². The molecule has 5 rings (SSSR count). The van der Waals surface area contributed by atoms with E-state index in [9.17, 15) is 0 Å². The van der Waals surface area contributed by atoms with Crippen molar-refractivity contribution < 1.29 is 4.57 Å². The zero-order valence-corrected chi connectivity index (χ0v) is 17.3. The molecule has 27 heavy (non-hydrogen) atoms. The van der Waals surface area contributed by atoms with Crippen molar-refractivity contribution in [3.63, 3.8) is 0 Å². The monoisotopic (exact) mass is 354 g/mol. The van der Waals surface area contributed by atoms with Gasteiger partial charge in [-0.1, -0.05) is 58.0 Å². The standard InChI is InChI=1S/C26H28N/c1-16-22-18(14-17-10-7-8-11-19(17)22)15-21-23(16)24-20(12-9-13-27(24)6)25(2,3)26(21,4)5/h7-13,15H,14H2,1-6H3/q+1. The van der Waals surface area contributed by atoms with Gasteiger partial charge < -0.3 is 0 Å². The third kappa shape index (κ3) is 1.92. The molecule has 0 amide bonds. The fourth-order valence-corrected chi connectivity index (χ4v) is 5.42. The maximum atomic E-state index is 2.52. The van der Waals surface area contributed by atoms with Gasteiger partial charge in [0.1, 0.15) is 7.05 Å². The van der Waals surface area contributed by atoms with Gasteiger partial charge in [0.15, 0.2) is 6.20 Å². The third-order valence-corrected chi connectivity index (χ3v) is 7.65. The van der Waals surface area contributed by atoms with E-state index >= 15 is 0 Å². The molecule has 1 nitrogen and oxygen atoms in total. The Morgan fingerprint density at radius 2 is 1.52 bits per heavy atom. The van der Waals surface area contributed by atoms with Crippen molar-refractivity contribution in [3.8, 4) is 22.4 Å². The first-order valence-electron chi connectivity index (χ1n) is 10.00. The molecule has 2 aromatic carbocycles. The average molecular weight is 355 g/mol. The minimum Gasteiger partial charge on any atom is -0.201 e. The number of aryl methyl sites for hydroxylation is 1. The van der Waals surface area contributed by atoms with E-state index in [4.69, 9.17) is 0 Å². The maximum Gasteiger partial charge on any atom is 0.216 e. The molecule has 0 atom stereocenters. The van der Waals surface area contributed by atoms with E-state index in [1.807, 2.05) is 0 Å². The second-order valence-electron chi connectivity index (χ2n) is 9.42. The number of fused-ring (bicyclic) bond motifs is 6. The van der Waals surface area contributed by atoms with Gasteiger partial charge in [-0.2, -0.15) is 0 Å². The molecular formula is C26H28N+. The minimum absolute atomic E-state index is 0.0677. The van der Waals surface area contributed by atoms with Gasteiger partial charge in [-0.25, -0.2) is 4.57 Å². The van der Waals surface area contributed by atoms with Crippen LogP contribution in [0.15, 0.2) is 48.7 Å². The second kappa shape index (κ2) is 5.10. The molecule has 0 radical (unpaired) electrons. The number of hydrogen-bond acceptors (Lipinski definition) is 0. The Morgan fingerprint density at radius 1 is 0.815 bits per heavy atom. The molecule has 0 aliphatic heterocycles. The lowest BCUT2D eigenvalue weighted by Crippen LogP contribution is -2.48. The number of pyridine rings is 1. The fourth-order valence-electron chi connectivity index (χ4n) is 5.42. The number of aromatic nitrogens is 1. The highest BCUT2D eigenvalue weighted by Crippen LogP contribution is 2.56. The molecule has 1 heteroatoms. The first-order chi connectivity index (χ1) is 12.7. The van der Waals surface area contributed by atoms with E-state index < -0.39 is 0 Å². The van der Waals surface area contributed by atoms with E-state index in [1.54, 1.807) is 0 Å². The molecule has 1 heterocycles. The first kappa shape index (κ1) is 16.7. The third-order valence-electron chi connectivity index (χ3n) is 7.65. The largest absolute Gasteiger partial charge is 0.216 e. The molecule has 0 saturated heterocycles. The zero-order chi connectivity index (χ0) is 19.1. The Bertz CT molecular complexity index is 1120. The molecule has 0 fully saturated rings. The van der Waals surface area contributed by atoms with E-state index in [2.05, 4.69) is 94.9 Å². The summed E-state index contributed by atoms with van der Waals surface area (Å²) in [5, 5.41) is 0. The van der Waals surface area contributed by atoms with Gasteiger partial charge in [0.2, 0.25) is 5.69 Å². The summed E-state index contributed by atoms with van der Waals surface area (Å²) in [5.74, 6) is 0. The van der Waals surface area contributed by atoms with E-state index in [0.29, 0.717) is 0 Å². The molecule has 3 aromatic rings. The van der Waals surface area contributed by atoms with Crippen LogP contribution in [0.4, 0.5) is 0 Å². The lowest BCUT2D eigenvalue weighted by molar-refractivity contribution is -0.661. The Morgan fingerprint density at radius 3 is 2.30 bits per heavy atom. The lowest BCUT2D eigenvalue weighted by atomic mass is 9.55. The van der Waals surface area contributed by atoms with Crippen LogP contribution in [-0.4, -0.2) is 0 Å². The fraction of sp³-hybridized carbons (Fsp3) is 0.346. The summed E-state index contributed by atoms with van der Waals surface area (Å²) in [6.07, 6.45) is 3.25. The summed E-state index contributed by atoms with van der Waals surface area (Å²) >= 11 is 0. The number of nitrogens with zero attached hydrogens (tertiary/aromatic N) is 1. The van der Waals surface area contributed by atoms with Gasteiger partial charge in [-0.15, -0.1) is 0 Å². The molecule has 2 aliphatic rings. The van der Waals surface area contributed by atoms with Crippen molar-refractivity contribution in [2.24, 2.45) is 7.05 Å². The highest BCUT2D eigenvalue weighted by Gasteiger charge is 2.50. The minimum atomic E-state index is 0.0677. The number of hydrogen-bond donors (Lipinski definition) is 0. The summed E-state index contributed by atoms with van der Waals surface area (Å²) in [4.78, 5) is 0. The van der Waals surface area contributed by atoms with Crippen LogP contribution in [0.3, 0.4) is 0 Å².